The molecular weight excluding hydrogens is 312 g/mol. The van der Waals surface area contributed by atoms with Crippen molar-refractivity contribution in [3.63, 3.8) is 0 Å². The molecule has 1 aliphatic carbocycles. The Morgan fingerprint density at radius 1 is 1.19 bits per heavy atom. The normalized spacial score (nSPS) is 22.3. The average molecular weight is 332 g/mol. The van der Waals surface area contributed by atoms with Gasteiger partial charge in [-0.3, -0.25) is 0 Å². The summed E-state index contributed by atoms with van der Waals surface area (Å²) < 4.78 is 49.9. The molecule has 0 aliphatic heterocycles. The van der Waals surface area contributed by atoms with E-state index in [1.807, 2.05) is 0 Å². The second-order valence-electron chi connectivity index (χ2n) is 6.25. The average Bonchev–Trinajstić information content (AvgIpc) is 2.67. The van der Waals surface area contributed by atoms with E-state index in [0.717, 1.165) is 25.3 Å². The highest BCUT2D eigenvalue weighted by Crippen LogP contribution is 2.37. The standard InChI is InChI=1S/C13H20N2O4S2/c1-13(2)7-6-10(9-13)15-21(18,19)12-5-3-4-11(8-12)20(14,16)17/h3-5,8,10,15H,6-7,9H2,1-2H3,(H2,14,16,17). The lowest BCUT2D eigenvalue weighted by Gasteiger charge is -2.18. The number of hydrogen-bond acceptors (Lipinski definition) is 4. The zero-order valence-corrected chi connectivity index (χ0v) is 13.7. The third-order valence-corrected chi connectivity index (χ3v) is 6.16. The van der Waals surface area contributed by atoms with Gasteiger partial charge in [0, 0.05) is 6.04 Å². The van der Waals surface area contributed by atoms with Crippen molar-refractivity contribution in [1.82, 2.24) is 4.72 Å². The first kappa shape index (κ1) is 16.4. The van der Waals surface area contributed by atoms with Gasteiger partial charge < -0.3 is 0 Å². The lowest BCUT2D eigenvalue weighted by atomic mass is 9.92. The Labute approximate surface area is 125 Å². The summed E-state index contributed by atoms with van der Waals surface area (Å²) >= 11 is 0. The van der Waals surface area contributed by atoms with Crippen molar-refractivity contribution in [2.75, 3.05) is 0 Å². The maximum Gasteiger partial charge on any atom is 0.240 e. The molecule has 0 amide bonds. The van der Waals surface area contributed by atoms with Gasteiger partial charge in [-0.05, 0) is 42.9 Å². The molecule has 0 saturated heterocycles. The predicted molar refractivity (Wildman–Crippen MR) is 79.6 cm³/mol. The molecule has 1 unspecified atom stereocenters. The lowest BCUT2D eigenvalue weighted by molar-refractivity contribution is 0.372. The molecule has 1 aromatic carbocycles. The van der Waals surface area contributed by atoms with Crippen LogP contribution >= 0.6 is 0 Å². The quantitative estimate of drug-likeness (QED) is 0.863. The minimum atomic E-state index is -3.92. The first-order chi connectivity index (χ1) is 9.50. The van der Waals surface area contributed by atoms with Gasteiger partial charge in [-0.15, -0.1) is 0 Å². The maximum atomic E-state index is 12.3. The summed E-state index contributed by atoms with van der Waals surface area (Å²) in [5.41, 5.74) is 0.121. The van der Waals surface area contributed by atoms with E-state index in [1.54, 1.807) is 0 Å². The summed E-state index contributed by atoms with van der Waals surface area (Å²) in [6.07, 6.45) is 2.50. The van der Waals surface area contributed by atoms with Gasteiger partial charge >= 0.3 is 0 Å². The second-order valence-corrected chi connectivity index (χ2v) is 9.52. The number of sulfonamides is 2. The highest BCUT2D eigenvalue weighted by Gasteiger charge is 2.33. The van der Waals surface area contributed by atoms with E-state index in [9.17, 15) is 16.8 Å². The SMILES string of the molecule is CC1(C)CCC(NS(=O)(=O)c2cccc(S(N)(=O)=O)c2)C1. The fourth-order valence-corrected chi connectivity index (χ4v) is 4.59. The zero-order chi connectivity index (χ0) is 15.9. The number of hydrogen-bond donors (Lipinski definition) is 2. The van der Waals surface area contributed by atoms with Gasteiger partial charge in [0.2, 0.25) is 20.0 Å². The molecule has 0 heterocycles. The molecule has 1 aliphatic rings. The Hall–Kier alpha value is -0.960. The van der Waals surface area contributed by atoms with Gasteiger partial charge in [0.1, 0.15) is 0 Å². The van der Waals surface area contributed by atoms with Crippen molar-refractivity contribution < 1.29 is 16.8 Å². The summed E-state index contributed by atoms with van der Waals surface area (Å²) in [6, 6.07) is 4.96. The summed E-state index contributed by atoms with van der Waals surface area (Å²) in [5, 5.41) is 5.03. The van der Waals surface area contributed by atoms with Crippen LogP contribution in [0.3, 0.4) is 0 Å². The first-order valence-corrected chi connectivity index (χ1v) is 9.68. The fourth-order valence-electron chi connectivity index (χ4n) is 2.64. The van der Waals surface area contributed by atoms with Crippen LogP contribution in [0.4, 0.5) is 0 Å². The van der Waals surface area contributed by atoms with Crippen LogP contribution in [0.2, 0.25) is 0 Å². The number of benzene rings is 1. The van der Waals surface area contributed by atoms with Crippen molar-refractivity contribution in [3.05, 3.63) is 24.3 Å². The van der Waals surface area contributed by atoms with Crippen LogP contribution in [0.1, 0.15) is 33.1 Å². The summed E-state index contributed by atoms with van der Waals surface area (Å²) in [4.78, 5) is -0.296. The van der Waals surface area contributed by atoms with Gasteiger partial charge in [0.25, 0.3) is 0 Å². The molecular formula is C13H20N2O4S2. The lowest BCUT2D eigenvalue weighted by Crippen LogP contribution is -2.33. The molecule has 21 heavy (non-hydrogen) atoms. The van der Waals surface area contributed by atoms with Crippen LogP contribution in [0.25, 0.3) is 0 Å². The third-order valence-electron chi connectivity index (χ3n) is 3.73. The van der Waals surface area contributed by atoms with Crippen LogP contribution < -0.4 is 9.86 Å². The summed E-state index contributed by atoms with van der Waals surface area (Å²) in [5.74, 6) is 0. The largest absolute Gasteiger partial charge is 0.240 e. The van der Waals surface area contributed by atoms with E-state index in [-0.39, 0.29) is 21.2 Å². The van der Waals surface area contributed by atoms with Gasteiger partial charge in [0.15, 0.2) is 0 Å². The molecule has 0 bridgehead atoms. The van der Waals surface area contributed by atoms with E-state index in [4.69, 9.17) is 5.14 Å². The van der Waals surface area contributed by atoms with E-state index >= 15 is 0 Å². The van der Waals surface area contributed by atoms with Crippen molar-refractivity contribution >= 4 is 20.0 Å². The van der Waals surface area contributed by atoms with E-state index in [1.165, 1.54) is 18.2 Å². The monoisotopic (exact) mass is 332 g/mol. The topological polar surface area (TPSA) is 106 Å². The molecule has 2 rings (SSSR count). The van der Waals surface area contributed by atoms with Crippen molar-refractivity contribution in [3.8, 4) is 0 Å². The van der Waals surface area contributed by atoms with E-state index < -0.39 is 20.0 Å². The minimum absolute atomic E-state index is 0.0845. The number of primary sulfonamides is 1. The van der Waals surface area contributed by atoms with Gasteiger partial charge in [-0.25, -0.2) is 26.7 Å². The van der Waals surface area contributed by atoms with Gasteiger partial charge in [-0.1, -0.05) is 19.9 Å². The number of nitrogens with one attached hydrogen (secondary N) is 1. The van der Waals surface area contributed by atoms with Crippen LogP contribution in [0, 0.1) is 5.41 Å². The molecule has 0 spiro atoms. The summed E-state index contributed by atoms with van der Waals surface area (Å²) in [7, 11) is -7.67. The van der Waals surface area contributed by atoms with Crippen LogP contribution in [-0.4, -0.2) is 22.9 Å². The molecule has 3 N–H and O–H groups in total. The minimum Gasteiger partial charge on any atom is -0.225 e. The van der Waals surface area contributed by atoms with Crippen LogP contribution in [0.15, 0.2) is 34.1 Å². The molecule has 1 atom stereocenters. The van der Waals surface area contributed by atoms with Crippen LogP contribution in [0.5, 0.6) is 0 Å². The predicted octanol–water partition coefficient (Wildman–Crippen LogP) is 1.19. The highest BCUT2D eigenvalue weighted by molar-refractivity contribution is 7.90. The van der Waals surface area contributed by atoms with E-state index in [2.05, 4.69) is 18.6 Å². The summed E-state index contributed by atoms with van der Waals surface area (Å²) in [6.45, 7) is 4.20. The van der Waals surface area contributed by atoms with Crippen molar-refractivity contribution in [1.29, 1.82) is 0 Å². The Kier molecular flexibility index (Phi) is 4.18. The molecule has 118 valence electrons. The highest BCUT2D eigenvalue weighted by atomic mass is 32.2. The molecule has 6 nitrogen and oxygen atoms in total. The van der Waals surface area contributed by atoms with Gasteiger partial charge in [-0.2, -0.15) is 0 Å². The van der Waals surface area contributed by atoms with Crippen molar-refractivity contribution in [2.24, 2.45) is 10.6 Å². The third kappa shape index (κ3) is 4.03. The smallest absolute Gasteiger partial charge is 0.225 e. The first-order valence-electron chi connectivity index (χ1n) is 6.65. The second kappa shape index (κ2) is 5.35. The molecule has 0 radical (unpaired) electrons. The molecule has 1 aromatic rings. The number of nitrogens with two attached hydrogens (primary N) is 1. The van der Waals surface area contributed by atoms with Gasteiger partial charge in [0.05, 0.1) is 9.79 Å². The molecule has 0 aromatic heterocycles. The van der Waals surface area contributed by atoms with Crippen molar-refractivity contribution in [2.45, 2.75) is 48.9 Å². The maximum absolute atomic E-state index is 12.3. The zero-order valence-electron chi connectivity index (χ0n) is 12.0. The Morgan fingerprint density at radius 2 is 1.81 bits per heavy atom. The Balaban J connectivity index is 2.25. The Morgan fingerprint density at radius 3 is 2.33 bits per heavy atom. The molecule has 1 fully saturated rings. The Bertz CT molecular complexity index is 739. The van der Waals surface area contributed by atoms with Crippen LogP contribution in [-0.2, 0) is 20.0 Å². The van der Waals surface area contributed by atoms with E-state index in [0.29, 0.717) is 0 Å². The molecule has 8 heteroatoms. The number of rotatable bonds is 4. The molecule has 1 saturated carbocycles. The fraction of sp³-hybridized carbons (Fsp3) is 0.538.